The van der Waals surface area contributed by atoms with Crippen LogP contribution in [-0.2, 0) is 4.84 Å². The van der Waals surface area contributed by atoms with E-state index in [1.165, 1.54) is 7.11 Å². The van der Waals surface area contributed by atoms with Crippen molar-refractivity contribution in [2.75, 3.05) is 7.11 Å². The fourth-order valence-corrected chi connectivity index (χ4v) is 1.16. The molecule has 0 saturated carbocycles. The molecule has 10 heavy (non-hydrogen) atoms. The molecule has 1 heterocycles. The third-order valence-electron chi connectivity index (χ3n) is 0.970. The van der Waals surface area contributed by atoms with Gasteiger partial charge in [-0.25, -0.2) is 4.98 Å². The minimum Gasteiger partial charge on any atom is -0.399 e. The standard InChI is InChI=1S/C6H8N2OS/c1-5(8-9-2)6-7-3-4-10-6/h3-4H,1-2H3/b8-5+. The summed E-state index contributed by atoms with van der Waals surface area (Å²) in [6.07, 6.45) is 1.74. The van der Waals surface area contributed by atoms with E-state index < -0.39 is 0 Å². The Morgan fingerprint density at radius 3 is 3.10 bits per heavy atom. The summed E-state index contributed by atoms with van der Waals surface area (Å²) in [6, 6.07) is 0. The summed E-state index contributed by atoms with van der Waals surface area (Å²) in [7, 11) is 1.52. The molecule has 0 radical (unpaired) electrons. The zero-order chi connectivity index (χ0) is 7.40. The molecule has 4 heteroatoms. The average Bonchev–Trinajstić information content (AvgIpc) is 2.38. The third kappa shape index (κ3) is 1.54. The lowest BCUT2D eigenvalue weighted by atomic mass is 10.5. The highest BCUT2D eigenvalue weighted by Crippen LogP contribution is 2.04. The molecule has 1 aromatic heterocycles. The minimum atomic E-state index is 0.817. The van der Waals surface area contributed by atoms with Crippen LogP contribution in [0.15, 0.2) is 16.7 Å². The van der Waals surface area contributed by atoms with Crippen LogP contribution < -0.4 is 0 Å². The van der Waals surface area contributed by atoms with Crippen molar-refractivity contribution in [1.29, 1.82) is 0 Å². The Kier molecular flexibility index (Phi) is 2.39. The maximum Gasteiger partial charge on any atom is 0.140 e. The summed E-state index contributed by atoms with van der Waals surface area (Å²) in [5.74, 6) is 0. The third-order valence-corrected chi connectivity index (χ3v) is 1.85. The van der Waals surface area contributed by atoms with Gasteiger partial charge in [0.05, 0.1) is 0 Å². The summed E-state index contributed by atoms with van der Waals surface area (Å²) in [4.78, 5) is 8.62. The van der Waals surface area contributed by atoms with Crippen LogP contribution in [0.3, 0.4) is 0 Å². The highest BCUT2D eigenvalue weighted by molar-refractivity contribution is 7.11. The van der Waals surface area contributed by atoms with Gasteiger partial charge in [-0.05, 0) is 6.92 Å². The second-order valence-corrected chi connectivity index (χ2v) is 2.59. The molecule has 0 unspecified atom stereocenters. The van der Waals surface area contributed by atoms with Gasteiger partial charge in [-0.3, -0.25) is 0 Å². The lowest BCUT2D eigenvalue weighted by Gasteiger charge is -1.90. The average molecular weight is 156 g/mol. The van der Waals surface area contributed by atoms with Crippen LogP contribution >= 0.6 is 11.3 Å². The van der Waals surface area contributed by atoms with Crippen LogP contribution in [-0.4, -0.2) is 17.8 Å². The van der Waals surface area contributed by atoms with Crippen molar-refractivity contribution in [3.63, 3.8) is 0 Å². The van der Waals surface area contributed by atoms with Crippen LogP contribution in [0.2, 0.25) is 0 Å². The predicted molar refractivity (Wildman–Crippen MR) is 41.3 cm³/mol. The van der Waals surface area contributed by atoms with Crippen molar-refractivity contribution in [1.82, 2.24) is 4.98 Å². The Hall–Kier alpha value is -0.900. The molecular weight excluding hydrogens is 148 g/mol. The molecule has 3 nitrogen and oxygen atoms in total. The Balaban J connectivity index is 2.77. The first kappa shape index (κ1) is 7.21. The van der Waals surface area contributed by atoms with Crippen molar-refractivity contribution < 1.29 is 4.84 Å². The summed E-state index contributed by atoms with van der Waals surface area (Å²) in [5, 5.41) is 6.54. The fraction of sp³-hybridized carbons (Fsp3) is 0.333. The zero-order valence-corrected chi connectivity index (χ0v) is 6.68. The Labute approximate surface area is 63.3 Å². The van der Waals surface area contributed by atoms with Gasteiger partial charge in [0.1, 0.15) is 17.8 Å². The monoisotopic (exact) mass is 156 g/mol. The number of hydrogen-bond acceptors (Lipinski definition) is 4. The molecule has 0 aliphatic rings. The van der Waals surface area contributed by atoms with Crippen LogP contribution in [0.5, 0.6) is 0 Å². The van der Waals surface area contributed by atoms with E-state index in [0.717, 1.165) is 10.7 Å². The van der Waals surface area contributed by atoms with Crippen LogP contribution in [0.4, 0.5) is 0 Å². The SMILES string of the molecule is CO/N=C(\C)c1nccs1. The number of hydrogen-bond donors (Lipinski definition) is 0. The number of oxime groups is 1. The van der Waals surface area contributed by atoms with E-state index in [2.05, 4.69) is 15.0 Å². The molecule has 0 aromatic carbocycles. The van der Waals surface area contributed by atoms with Crippen molar-refractivity contribution in [3.8, 4) is 0 Å². The number of aromatic nitrogens is 1. The predicted octanol–water partition coefficient (Wildman–Crippen LogP) is 1.51. The largest absolute Gasteiger partial charge is 0.399 e. The lowest BCUT2D eigenvalue weighted by Crippen LogP contribution is -1.92. The summed E-state index contributed by atoms with van der Waals surface area (Å²) in [6.45, 7) is 1.86. The van der Waals surface area contributed by atoms with E-state index in [4.69, 9.17) is 0 Å². The first-order valence-electron chi connectivity index (χ1n) is 2.82. The van der Waals surface area contributed by atoms with Crippen LogP contribution in [0, 0.1) is 0 Å². The summed E-state index contributed by atoms with van der Waals surface area (Å²) >= 11 is 1.55. The van der Waals surface area contributed by atoms with E-state index in [1.807, 2.05) is 12.3 Å². The second-order valence-electron chi connectivity index (χ2n) is 1.70. The van der Waals surface area contributed by atoms with E-state index in [0.29, 0.717) is 0 Å². The topological polar surface area (TPSA) is 34.5 Å². The van der Waals surface area contributed by atoms with Gasteiger partial charge in [-0.1, -0.05) is 5.16 Å². The van der Waals surface area contributed by atoms with E-state index in [9.17, 15) is 0 Å². The molecule has 0 aliphatic heterocycles. The molecule has 0 fully saturated rings. The molecule has 0 bridgehead atoms. The van der Waals surface area contributed by atoms with E-state index in [-0.39, 0.29) is 0 Å². The Bertz CT molecular complexity index is 218. The molecule has 0 amide bonds. The summed E-state index contributed by atoms with van der Waals surface area (Å²) < 4.78 is 0. The lowest BCUT2D eigenvalue weighted by molar-refractivity contribution is 0.213. The van der Waals surface area contributed by atoms with Crippen molar-refractivity contribution in [3.05, 3.63) is 16.6 Å². The van der Waals surface area contributed by atoms with Crippen molar-refractivity contribution >= 4 is 17.0 Å². The van der Waals surface area contributed by atoms with E-state index >= 15 is 0 Å². The van der Waals surface area contributed by atoms with Crippen molar-refractivity contribution in [2.24, 2.45) is 5.16 Å². The van der Waals surface area contributed by atoms with Gasteiger partial charge < -0.3 is 4.84 Å². The molecule has 0 spiro atoms. The number of nitrogens with zero attached hydrogens (tertiary/aromatic N) is 2. The molecule has 0 aliphatic carbocycles. The Morgan fingerprint density at radius 2 is 2.60 bits per heavy atom. The van der Waals surface area contributed by atoms with Crippen molar-refractivity contribution in [2.45, 2.75) is 6.92 Å². The maximum atomic E-state index is 4.58. The Morgan fingerprint density at radius 1 is 1.80 bits per heavy atom. The highest BCUT2D eigenvalue weighted by atomic mass is 32.1. The highest BCUT2D eigenvalue weighted by Gasteiger charge is 1.98. The smallest absolute Gasteiger partial charge is 0.140 e. The van der Waals surface area contributed by atoms with Gasteiger partial charge >= 0.3 is 0 Å². The van der Waals surface area contributed by atoms with E-state index in [1.54, 1.807) is 17.5 Å². The molecule has 0 atom stereocenters. The zero-order valence-electron chi connectivity index (χ0n) is 5.87. The fourth-order valence-electron chi connectivity index (χ4n) is 0.578. The second kappa shape index (κ2) is 3.31. The van der Waals surface area contributed by atoms with Gasteiger partial charge in [-0.2, -0.15) is 0 Å². The maximum absolute atomic E-state index is 4.58. The quantitative estimate of drug-likeness (QED) is 0.480. The number of rotatable bonds is 2. The molecule has 1 rings (SSSR count). The molecular formula is C6H8N2OS. The van der Waals surface area contributed by atoms with Gasteiger partial charge in [0.2, 0.25) is 0 Å². The van der Waals surface area contributed by atoms with Gasteiger partial charge in [-0.15, -0.1) is 11.3 Å². The molecule has 1 aromatic rings. The van der Waals surface area contributed by atoms with Gasteiger partial charge in [0, 0.05) is 11.6 Å². The molecule has 54 valence electrons. The normalized spacial score (nSPS) is 11.6. The van der Waals surface area contributed by atoms with Gasteiger partial charge in [0.15, 0.2) is 0 Å². The van der Waals surface area contributed by atoms with Gasteiger partial charge in [0.25, 0.3) is 0 Å². The first-order chi connectivity index (χ1) is 4.84. The first-order valence-corrected chi connectivity index (χ1v) is 3.70. The van der Waals surface area contributed by atoms with Crippen LogP contribution in [0.1, 0.15) is 11.9 Å². The molecule has 0 N–H and O–H groups in total. The molecule has 0 saturated heterocycles. The minimum absolute atomic E-state index is 0.817. The summed E-state index contributed by atoms with van der Waals surface area (Å²) in [5.41, 5.74) is 0.817. The van der Waals surface area contributed by atoms with Crippen LogP contribution in [0.25, 0.3) is 0 Å². The number of thiazole rings is 1.